The molecular formula is C16H26N4O. The highest BCUT2D eigenvalue weighted by Gasteiger charge is 2.02. The van der Waals surface area contributed by atoms with Crippen molar-refractivity contribution in [2.24, 2.45) is 4.99 Å². The predicted molar refractivity (Wildman–Crippen MR) is 87.3 cm³/mol. The number of aliphatic imine (C=N–C) groups is 1. The maximum Gasteiger partial charge on any atom is 0.239 e. The van der Waals surface area contributed by atoms with Gasteiger partial charge >= 0.3 is 0 Å². The summed E-state index contributed by atoms with van der Waals surface area (Å²) in [5, 5.41) is 9.00. The first-order valence-electron chi connectivity index (χ1n) is 7.50. The summed E-state index contributed by atoms with van der Waals surface area (Å²) in [4.78, 5) is 16.0. The molecule has 0 radical (unpaired) electrons. The summed E-state index contributed by atoms with van der Waals surface area (Å²) in [7, 11) is 0. The molecule has 21 heavy (non-hydrogen) atoms. The van der Waals surface area contributed by atoms with Crippen molar-refractivity contribution in [1.82, 2.24) is 16.0 Å². The molecule has 1 rings (SSSR count). The molecule has 1 amide bonds. The summed E-state index contributed by atoms with van der Waals surface area (Å²) in [6.45, 7) is 8.38. The number of carbonyl (C=O) groups excluding carboxylic acids is 1. The van der Waals surface area contributed by atoms with Crippen molar-refractivity contribution in [1.29, 1.82) is 0 Å². The Kier molecular flexibility index (Phi) is 7.94. The van der Waals surface area contributed by atoms with Crippen LogP contribution < -0.4 is 16.0 Å². The zero-order valence-corrected chi connectivity index (χ0v) is 13.2. The van der Waals surface area contributed by atoms with E-state index in [1.807, 2.05) is 13.8 Å². The normalized spacial score (nSPS) is 11.1. The monoisotopic (exact) mass is 290 g/mol. The molecule has 0 fully saturated rings. The molecule has 1 aromatic rings. The van der Waals surface area contributed by atoms with E-state index in [0.717, 1.165) is 18.5 Å². The maximum atomic E-state index is 11.6. The molecule has 0 aliphatic rings. The molecule has 0 bridgehead atoms. The third-order valence-corrected chi connectivity index (χ3v) is 2.87. The second-order valence-electron chi connectivity index (χ2n) is 4.88. The van der Waals surface area contributed by atoms with E-state index < -0.39 is 0 Å². The van der Waals surface area contributed by atoms with Gasteiger partial charge in [0.1, 0.15) is 0 Å². The molecule has 0 heterocycles. The van der Waals surface area contributed by atoms with Gasteiger partial charge in [-0.2, -0.15) is 0 Å². The number of nitrogens with zero attached hydrogens (tertiary/aromatic N) is 1. The van der Waals surface area contributed by atoms with E-state index in [0.29, 0.717) is 19.0 Å². The summed E-state index contributed by atoms with van der Waals surface area (Å²) < 4.78 is 0. The molecule has 116 valence electrons. The number of hydrogen-bond donors (Lipinski definition) is 3. The lowest BCUT2D eigenvalue weighted by atomic mass is 10.1. The fourth-order valence-electron chi connectivity index (χ4n) is 1.70. The molecule has 1 aromatic carbocycles. The third-order valence-electron chi connectivity index (χ3n) is 2.87. The molecule has 0 aliphatic carbocycles. The first-order valence-corrected chi connectivity index (χ1v) is 7.50. The van der Waals surface area contributed by atoms with Crippen LogP contribution in [0.15, 0.2) is 29.3 Å². The number of nitrogens with one attached hydrogen (secondary N) is 3. The number of rotatable bonds is 7. The molecular weight excluding hydrogens is 264 g/mol. The van der Waals surface area contributed by atoms with E-state index in [9.17, 15) is 4.79 Å². The fraction of sp³-hybridized carbons (Fsp3) is 0.500. The van der Waals surface area contributed by atoms with Crippen LogP contribution in [0.5, 0.6) is 0 Å². The smallest absolute Gasteiger partial charge is 0.239 e. The Morgan fingerprint density at radius 3 is 2.43 bits per heavy atom. The van der Waals surface area contributed by atoms with Crippen LogP contribution in [0.25, 0.3) is 0 Å². The van der Waals surface area contributed by atoms with Crippen molar-refractivity contribution in [2.75, 3.05) is 19.6 Å². The van der Waals surface area contributed by atoms with Crippen molar-refractivity contribution < 1.29 is 4.79 Å². The van der Waals surface area contributed by atoms with Gasteiger partial charge in [-0.15, -0.1) is 0 Å². The van der Waals surface area contributed by atoms with E-state index in [4.69, 9.17) is 0 Å². The minimum atomic E-state index is -0.0159. The van der Waals surface area contributed by atoms with Crippen molar-refractivity contribution in [3.05, 3.63) is 35.4 Å². The van der Waals surface area contributed by atoms with Crippen LogP contribution in [0.2, 0.25) is 0 Å². The molecule has 0 saturated heterocycles. The topological polar surface area (TPSA) is 65.5 Å². The third kappa shape index (κ3) is 7.34. The van der Waals surface area contributed by atoms with Crippen molar-refractivity contribution in [2.45, 2.75) is 33.7 Å². The van der Waals surface area contributed by atoms with E-state index >= 15 is 0 Å². The quantitative estimate of drug-likeness (QED) is 0.527. The highest BCUT2D eigenvalue weighted by molar-refractivity contribution is 5.86. The first kappa shape index (κ1) is 17.0. The standard InChI is InChI=1S/C16H26N4O/c1-4-10-18-15(21)12-20-16(17-5-2)19-11-14-8-6-13(3)7-9-14/h6-9H,4-5,10-12H2,1-3H3,(H,18,21)(H2,17,19,20). The first-order chi connectivity index (χ1) is 10.2. The summed E-state index contributed by atoms with van der Waals surface area (Å²) in [5.41, 5.74) is 2.38. The van der Waals surface area contributed by atoms with Crippen LogP contribution in [-0.2, 0) is 11.3 Å². The van der Waals surface area contributed by atoms with Gasteiger partial charge in [0.2, 0.25) is 5.91 Å². The Morgan fingerprint density at radius 2 is 1.81 bits per heavy atom. The number of amides is 1. The van der Waals surface area contributed by atoms with Gasteiger partial charge in [-0.25, -0.2) is 4.99 Å². The van der Waals surface area contributed by atoms with Gasteiger partial charge in [-0.05, 0) is 25.8 Å². The van der Waals surface area contributed by atoms with Crippen LogP contribution in [0.4, 0.5) is 0 Å². The average Bonchev–Trinajstić information content (AvgIpc) is 2.49. The minimum Gasteiger partial charge on any atom is -0.357 e. The zero-order valence-electron chi connectivity index (χ0n) is 13.2. The number of carbonyl (C=O) groups is 1. The highest BCUT2D eigenvalue weighted by atomic mass is 16.1. The molecule has 3 N–H and O–H groups in total. The van der Waals surface area contributed by atoms with Gasteiger partial charge in [0.15, 0.2) is 5.96 Å². The van der Waals surface area contributed by atoms with Crippen molar-refractivity contribution in [3.63, 3.8) is 0 Å². The summed E-state index contributed by atoms with van der Waals surface area (Å²) in [6, 6.07) is 8.28. The largest absolute Gasteiger partial charge is 0.357 e. The Bertz CT molecular complexity index is 454. The number of guanidine groups is 1. The van der Waals surface area contributed by atoms with Gasteiger partial charge in [0.05, 0.1) is 13.1 Å². The molecule has 0 aromatic heterocycles. The predicted octanol–water partition coefficient (Wildman–Crippen LogP) is 1.58. The van der Waals surface area contributed by atoms with Crippen LogP contribution in [-0.4, -0.2) is 31.5 Å². The molecule has 0 unspecified atom stereocenters. The summed E-state index contributed by atoms with van der Waals surface area (Å²) >= 11 is 0. The Labute approximate surface area is 127 Å². The Hall–Kier alpha value is -2.04. The SMILES string of the molecule is CCCNC(=O)CNC(=NCc1ccc(C)cc1)NCC. The molecule has 0 aliphatic heterocycles. The summed E-state index contributed by atoms with van der Waals surface area (Å²) in [6.07, 6.45) is 0.938. The average molecular weight is 290 g/mol. The second-order valence-corrected chi connectivity index (χ2v) is 4.88. The zero-order chi connectivity index (χ0) is 15.5. The second kappa shape index (κ2) is 9.80. The van der Waals surface area contributed by atoms with Crippen molar-refractivity contribution in [3.8, 4) is 0 Å². The molecule has 0 spiro atoms. The minimum absolute atomic E-state index is 0.0159. The molecule has 0 atom stereocenters. The van der Waals surface area contributed by atoms with E-state index in [-0.39, 0.29) is 12.5 Å². The van der Waals surface area contributed by atoms with Crippen LogP contribution in [0, 0.1) is 6.92 Å². The van der Waals surface area contributed by atoms with E-state index in [2.05, 4.69) is 52.1 Å². The van der Waals surface area contributed by atoms with Crippen LogP contribution in [0.1, 0.15) is 31.4 Å². The molecule has 5 heteroatoms. The lowest BCUT2D eigenvalue weighted by molar-refractivity contribution is -0.120. The van der Waals surface area contributed by atoms with Crippen molar-refractivity contribution >= 4 is 11.9 Å². The Morgan fingerprint density at radius 1 is 1.10 bits per heavy atom. The lowest BCUT2D eigenvalue weighted by Gasteiger charge is -2.11. The number of aryl methyl sites for hydroxylation is 1. The van der Waals surface area contributed by atoms with Crippen LogP contribution >= 0.6 is 0 Å². The molecule has 0 saturated carbocycles. The molecule has 5 nitrogen and oxygen atoms in total. The number of hydrogen-bond acceptors (Lipinski definition) is 2. The van der Waals surface area contributed by atoms with E-state index in [1.54, 1.807) is 0 Å². The maximum absolute atomic E-state index is 11.6. The van der Waals surface area contributed by atoms with Gasteiger partial charge < -0.3 is 16.0 Å². The van der Waals surface area contributed by atoms with Gasteiger partial charge in [0, 0.05) is 13.1 Å². The fourth-order valence-corrected chi connectivity index (χ4v) is 1.70. The van der Waals surface area contributed by atoms with Crippen LogP contribution in [0.3, 0.4) is 0 Å². The van der Waals surface area contributed by atoms with Gasteiger partial charge in [-0.1, -0.05) is 36.8 Å². The highest BCUT2D eigenvalue weighted by Crippen LogP contribution is 2.04. The summed E-state index contributed by atoms with van der Waals surface area (Å²) in [5.74, 6) is 0.641. The lowest BCUT2D eigenvalue weighted by Crippen LogP contribution is -2.43. The number of benzene rings is 1. The van der Waals surface area contributed by atoms with E-state index in [1.165, 1.54) is 5.56 Å². The Balaban J connectivity index is 2.49. The van der Waals surface area contributed by atoms with Gasteiger partial charge in [-0.3, -0.25) is 4.79 Å². The van der Waals surface area contributed by atoms with Gasteiger partial charge in [0.25, 0.3) is 0 Å².